The highest BCUT2D eigenvalue weighted by Crippen LogP contribution is 2.28. The van der Waals surface area contributed by atoms with Crippen LogP contribution in [0, 0.1) is 0 Å². The Morgan fingerprint density at radius 2 is 2.05 bits per heavy atom. The van der Waals surface area contributed by atoms with E-state index in [1.54, 1.807) is 6.20 Å². The van der Waals surface area contributed by atoms with Crippen LogP contribution >= 0.6 is 11.6 Å². The fourth-order valence-corrected chi connectivity index (χ4v) is 2.62. The minimum atomic E-state index is 0.280. The van der Waals surface area contributed by atoms with Crippen LogP contribution in [0.1, 0.15) is 25.5 Å². The molecule has 0 atom stereocenters. The average Bonchev–Trinajstić information content (AvgIpc) is 2.85. The van der Waals surface area contributed by atoms with Crippen LogP contribution in [-0.2, 0) is 6.54 Å². The molecule has 3 rings (SSSR count). The van der Waals surface area contributed by atoms with Crippen molar-refractivity contribution in [1.29, 1.82) is 0 Å². The zero-order valence-electron chi connectivity index (χ0n) is 12.0. The zero-order valence-corrected chi connectivity index (χ0v) is 12.8. The first-order chi connectivity index (χ1) is 10.1. The molecule has 108 valence electrons. The summed E-state index contributed by atoms with van der Waals surface area (Å²) in [5, 5.41) is 0.689. The van der Waals surface area contributed by atoms with Crippen LogP contribution in [0.5, 0.6) is 0 Å². The summed E-state index contributed by atoms with van der Waals surface area (Å²) >= 11 is 6.07. The minimum Gasteiger partial charge on any atom is -0.326 e. The standard InChI is InChI=1S/C16H17ClN4/c1-10(2)21-15-6-4-12(17)7-14(15)20-16(21)13-5-3-11(8-18)9-19-13/h3-7,9-10H,8,18H2,1-2H3. The fourth-order valence-electron chi connectivity index (χ4n) is 2.45. The van der Waals surface area contributed by atoms with Crippen LogP contribution in [0.2, 0.25) is 5.02 Å². The molecule has 0 aliphatic heterocycles. The van der Waals surface area contributed by atoms with Gasteiger partial charge in [0, 0.05) is 23.8 Å². The Balaban J connectivity index is 2.22. The van der Waals surface area contributed by atoms with E-state index in [0.29, 0.717) is 11.6 Å². The molecule has 0 amide bonds. The molecule has 3 aromatic rings. The Morgan fingerprint density at radius 1 is 1.24 bits per heavy atom. The molecule has 2 heterocycles. The van der Waals surface area contributed by atoms with E-state index in [9.17, 15) is 0 Å². The van der Waals surface area contributed by atoms with Crippen LogP contribution in [0.15, 0.2) is 36.5 Å². The molecule has 0 bridgehead atoms. The third-order valence-corrected chi connectivity index (χ3v) is 3.69. The smallest absolute Gasteiger partial charge is 0.160 e. The lowest BCUT2D eigenvalue weighted by atomic mass is 10.2. The lowest BCUT2D eigenvalue weighted by Crippen LogP contribution is -2.04. The highest BCUT2D eigenvalue weighted by atomic mass is 35.5. The van der Waals surface area contributed by atoms with Crippen molar-refractivity contribution in [3.8, 4) is 11.5 Å². The number of halogens is 1. The highest BCUT2D eigenvalue weighted by Gasteiger charge is 2.16. The monoisotopic (exact) mass is 300 g/mol. The van der Waals surface area contributed by atoms with E-state index in [1.165, 1.54) is 0 Å². The van der Waals surface area contributed by atoms with Gasteiger partial charge in [0.25, 0.3) is 0 Å². The average molecular weight is 301 g/mol. The summed E-state index contributed by atoms with van der Waals surface area (Å²) in [5.41, 5.74) is 9.42. The molecule has 4 nitrogen and oxygen atoms in total. The summed E-state index contributed by atoms with van der Waals surface area (Å²) in [6.45, 7) is 4.75. The van der Waals surface area contributed by atoms with Crippen molar-refractivity contribution >= 4 is 22.6 Å². The van der Waals surface area contributed by atoms with Gasteiger partial charge in [-0.1, -0.05) is 17.7 Å². The predicted molar refractivity (Wildman–Crippen MR) is 86.3 cm³/mol. The minimum absolute atomic E-state index is 0.280. The Hall–Kier alpha value is -1.91. The van der Waals surface area contributed by atoms with E-state index >= 15 is 0 Å². The quantitative estimate of drug-likeness (QED) is 0.800. The maximum absolute atomic E-state index is 6.07. The van der Waals surface area contributed by atoms with Gasteiger partial charge in [0.1, 0.15) is 5.69 Å². The van der Waals surface area contributed by atoms with Gasteiger partial charge in [-0.15, -0.1) is 0 Å². The number of pyridine rings is 1. The van der Waals surface area contributed by atoms with Crippen LogP contribution in [-0.4, -0.2) is 14.5 Å². The van der Waals surface area contributed by atoms with Crippen LogP contribution in [0.3, 0.4) is 0 Å². The normalized spacial score (nSPS) is 11.5. The largest absolute Gasteiger partial charge is 0.326 e. The number of benzene rings is 1. The van der Waals surface area contributed by atoms with Gasteiger partial charge in [0.15, 0.2) is 5.82 Å². The van der Waals surface area contributed by atoms with E-state index < -0.39 is 0 Å². The highest BCUT2D eigenvalue weighted by molar-refractivity contribution is 6.31. The molecule has 0 aliphatic carbocycles. The van der Waals surface area contributed by atoms with Crippen molar-refractivity contribution in [2.45, 2.75) is 26.4 Å². The summed E-state index contributed by atoms with van der Waals surface area (Å²) in [6.07, 6.45) is 1.80. The van der Waals surface area contributed by atoms with Gasteiger partial charge >= 0.3 is 0 Å². The molecule has 2 aromatic heterocycles. The van der Waals surface area contributed by atoms with E-state index in [4.69, 9.17) is 22.3 Å². The first-order valence-electron chi connectivity index (χ1n) is 6.93. The Bertz CT molecular complexity index is 775. The second kappa shape index (κ2) is 5.47. The van der Waals surface area contributed by atoms with E-state index in [1.807, 2.05) is 30.3 Å². The SMILES string of the molecule is CC(C)n1c(-c2ccc(CN)cn2)nc2cc(Cl)ccc21. The van der Waals surface area contributed by atoms with Gasteiger partial charge < -0.3 is 10.3 Å². The number of nitrogens with zero attached hydrogens (tertiary/aromatic N) is 3. The molecule has 5 heteroatoms. The summed E-state index contributed by atoms with van der Waals surface area (Å²) in [7, 11) is 0. The van der Waals surface area contributed by atoms with Crippen molar-refractivity contribution in [2.24, 2.45) is 5.73 Å². The Labute approximate surface area is 128 Å². The van der Waals surface area contributed by atoms with E-state index in [-0.39, 0.29) is 6.04 Å². The number of nitrogens with two attached hydrogens (primary N) is 1. The summed E-state index contributed by atoms with van der Waals surface area (Å²) in [6, 6.07) is 10.0. The number of fused-ring (bicyclic) bond motifs is 1. The number of hydrogen-bond donors (Lipinski definition) is 1. The van der Waals surface area contributed by atoms with Gasteiger partial charge in [-0.3, -0.25) is 4.98 Å². The molecule has 0 aliphatic rings. The lowest BCUT2D eigenvalue weighted by molar-refractivity contribution is 0.623. The first-order valence-corrected chi connectivity index (χ1v) is 7.31. The van der Waals surface area contributed by atoms with E-state index in [2.05, 4.69) is 23.4 Å². The van der Waals surface area contributed by atoms with Crippen molar-refractivity contribution in [3.63, 3.8) is 0 Å². The number of imidazole rings is 1. The molecule has 21 heavy (non-hydrogen) atoms. The van der Waals surface area contributed by atoms with Gasteiger partial charge in [0.05, 0.1) is 11.0 Å². The van der Waals surface area contributed by atoms with E-state index in [0.717, 1.165) is 28.1 Å². The zero-order chi connectivity index (χ0) is 15.0. The molecule has 2 N–H and O–H groups in total. The second-order valence-corrected chi connectivity index (χ2v) is 5.72. The van der Waals surface area contributed by atoms with Gasteiger partial charge in [-0.05, 0) is 43.7 Å². The summed E-state index contributed by atoms with van der Waals surface area (Å²) in [4.78, 5) is 9.19. The first kappa shape index (κ1) is 14.0. The third kappa shape index (κ3) is 2.52. The molecule has 0 unspecified atom stereocenters. The van der Waals surface area contributed by atoms with Crippen molar-refractivity contribution in [2.75, 3.05) is 0 Å². The third-order valence-electron chi connectivity index (χ3n) is 3.46. The van der Waals surface area contributed by atoms with Crippen molar-refractivity contribution in [1.82, 2.24) is 14.5 Å². The van der Waals surface area contributed by atoms with Crippen molar-refractivity contribution in [3.05, 3.63) is 47.1 Å². The lowest BCUT2D eigenvalue weighted by Gasteiger charge is -2.12. The topological polar surface area (TPSA) is 56.7 Å². The van der Waals surface area contributed by atoms with Crippen LogP contribution in [0.4, 0.5) is 0 Å². The van der Waals surface area contributed by atoms with Gasteiger partial charge in [-0.25, -0.2) is 4.98 Å². The summed E-state index contributed by atoms with van der Waals surface area (Å²) in [5.74, 6) is 0.853. The molecule has 0 saturated heterocycles. The molecule has 0 radical (unpaired) electrons. The fraction of sp³-hybridized carbons (Fsp3) is 0.250. The van der Waals surface area contributed by atoms with Crippen LogP contribution in [0.25, 0.3) is 22.6 Å². The number of hydrogen-bond acceptors (Lipinski definition) is 3. The maximum Gasteiger partial charge on any atom is 0.160 e. The molecular weight excluding hydrogens is 284 g/mol. The maximum atomic E-state index is 6.07. The van der Waals surface area contributed by atoms with Crippen molar-refractivity contribution < 1.29 is 0 Å². The van der Waals surface area contributed by atoms with Gasteiger partial charge in [0.2, 0.25) is 0 Å². The second-order valence-electron chi connectivity index (χ2n) is 5.29. The van der Waals surface area contributed by atoms with Gasteiger partial charge in [-0.2, -0.15) is 0 Å². The number of aromatic nitrogens is 3. The Morgan fingerprint density at radius 3 is 2.67 bits per heavy atom. The molecule has 0 spiro atoms. The predicted octanol–water partition coefficient (Wildman–Crippen LogP) is 3.79. The number of rotatable bonds is 3. The summed E-state index contributed by atoms with van der Waals surface area (Å²) < 4.78 is 2.18. The molecular formula is C16H17ClN4. The van der Waals surface area contributed by atoms with Crippen LogP contribution < -0.4 is 5.73 Å². The molecule has 1 aromatic carbocycles. The molecule has 0 fully saturated rings. The molecule has 0 saturated carbocycles. The Kier molecular flexibility index (Phi) is 3.66.